The third kappa shape index (κ3) is 4.51. The molecule has 3 rings (SSSR count). The van der Waals surface area contributed by atoms with E-state index in [-0.39, 0.29) is 11.9 Å². The van der Waals surface area contributed by atoms with Crippen LogP contribution in [-0.2, 0) is 11.3 Å². The molecule has 0 spiro atoms. The predicted octanol–water partition coefficient (Wildman–Crippen LogP) is 4.00. The summed E-state index contributed by atoms with van der Waals surface area (Å²) < 4.78 is 7.43. The Morgan fingerprint density at radius 2 is 2.11 bits per heavy atom. The fourth-order valence-corrected chi connectivity index (χ4v) is 4.28. The summed E-state index contributed by atoms with van der Waals surface area (Å²) in [7, 11) is 1.64. The minimum Gasteiger partial charge on any atom is -0.496 e. The number of carbonyl (C=O) groups excluding carboxylic acids is 1. The molecule has 1 N–H and O–H groups in total. The van der Waals surface area contributed by atoms with Gasteiger partial charge in [0.2, 0.25) is 5.91 Å². The number of nitrogens with one attached hydrogen (secondary N) is 1. The third-order valence-corrected chi connectivity index (χ3v) is 6.08. The first-order valence-electron chi connectivity index (χ1n) is 8.66. The molecule has 0 saturated carbocycles. The van der Waals surface area contributed by atoms with Crippen molar-refractivity contribution >= 4 is 29.0 Å². The molecule has 1 unspecified atom stereocenters. The molecule has 6 nitrogen and oxygen atoms in total. The fraction of sp³-hybridized carbons (Fsp3) is 0.316. The van der Waals surface area contributed by atoms with Crippen molar-refractivity contribution in [2.24, 2.45) is 0 Å². The highest BCUT2D eigenvalue weighted by Crippen LogP contribution is 2.30. The van der Waals surface area contributed by atoms with E-state index >= 15 is 0 Å². The van der Waals surface area contributed by atoms with E-state index in [1.54, 1.807) is 18.4 Å². The number of para-hydroxylation sites is 1. The molecule has 0 saturated heterocycles. The van der Waals surface area contributed by atoms with Gasteiger partial charge in [0.15, 0.2) is 11.0 Å². The number of hydrogen-bond acceptors (Lipinski definition) is 6. The molecule has 8 heteroatoms. The Kier molecular flexibility index (Phi) is 6.52. The lowest BCUT2D eigenvalue weighted by Crippen LogP contribution is -2.27. The van der Waals surface area contributed by atoms with Crippen LogP contribution in [0.3, 0.4) is 0 Å². The maximum Gasteiger partial charge on any atom is 0.230 e. The van der Waals surface area contributed by atoms with E-state index in [9.17, 15) is 4.79 Å². The zero-order chi connectivity index (χ0) is 19.2. The first kappa shape index (κ1) is 19.4. The lowest BCUT2D eigenvalue weighted by Gasteiger charge is -2.12. The Labute approximate surface area is 167 Å². The largest absolute Gasteiger partial charge is 0.496 e. The topological polar surface area (TPSA) is 69.0 Å². The fourth-order valence-electron chi connectivity index (χ4n) is 2.73. The summed E-state index contributed by atoms with van der Waals surface area (Å²) in [6, 6.07) is 11.7. The van der Waals surface area contributed by atoms with Crippen LogP contribution in [0.1, 0.15) is 24.8 Å². The molecule has 142 valence electrons. The molecule has 0 radical (unpaired) electrons. The Balaban J connectivity index is 1.69. The van der Waals surface area contributed by atoms with Gasteiger partial charge in [-0.25, -0.2) is 0 Å². The summed E-state index contributed by atoms with van der Waals surface area (Å²) in [5.74, 6) is 1.76. The maximum absolute atomic E-state index is 12.3. The van der Waals surface area contributed by atoms with Crippen LogP contribution < -0.4 is 10.1 Å². The van der Waals surface area contributed by atoms with Crippen molar-refractivity contribution in [2.45, 2.75) is 31.6 Å². The lowest BCUT2D eigenvalue weighted by atomic mass is 10.2. The van der Waals surface area contributed by atoms with Gasteiger partial charge in [0, 0.05) is 11.4 Å². The second-order valence-electron chi connectivity index (χ2n) is 5.84. The van der Waals surface area contributed by atoms with Crippen LogP contribution in [-0.4, -0.2) is 33.5 Å². The van der Waals surface area contributed by atoms with Gasteiger partial charge in [0.25, 0.3) is 0 Å². The van der Waals surface area contributed by atoms with Gasteiger partial charge in [0.1, 0.15) is 5.75 Å². The van der Waals surface area contributed by atoms with Crippen LogP contribution in [0, 0.1) is 0 Å². The van der Waals surface area contributed by atoms with E-state index in [0.717, 1.165) is 27.2 Å². The second-order valence-corrected chi connectivity index (χ2v) is 7.77. The number of thioether (sulfide) groups is 1. The van der Waals surface area contributed by atoms with Crippen LogP contribution in [0.25, 0.3) is 11.4 Å². The minimum absolute atomic E-state index is 0.00582. The van der Waals surface area contributed by atoms with Crippen molar-refractivity contribution in [3.8, 4) is 17.1 Å². The van der Waals surface area contributed by atoms with Crippen molar-refractivity contribution in [1.82, 2.24) is 20.1 Å². The molecule has 27 heavy (non-hydrogen) atoms. The van der Waals surface area contributed by atoms with Gasteiger partial charge < -0.3 is 14.6 Å². The van der Waals surface area contributed by atoms with Crippen LogP contribution in [0.2, 0.25) is 0 Å². The zero-order valence-electron chi connectivity index (χ0n) is 15.5. The van der Waals surface area contributed by atoms with Crippen LogP contribution in [0.4, 0.5) is 0 Å². The molecular formula is C19H22N4O2S2. The maximum atomic E-state index is 12.3. The smallest absolute Gasteiger partial charge is 0.230 e. The summed E-state index contributed by atoms with van der Waals surface area (Å²) in [4.78, 5) is 13.4. The first-order valence-corrected chi connectivity index (χ1v) is 10.5. The van der Waals surface area contributed by atoms with E-state index in [2.05, 4.69) is 15.5 Å². The number of amides is 1. The minimum atomic E-state index is -0.0228. The number of thiophene rings is 1. The first-order chi connectivity index (χ1) is 13.1. The highest BCUT2D eigenvalue weighted by atomic mass is 32.2. The number of rotatable bonds is 8. The van der Waals surface area contributed by atoms with Gasteiger partial charge in [-0.2, -0.15) is 0 Å². The van der Waals surface area contributed by atoms with E-state index in [0.29, 0.717) is 12.3 Å². The van der Waals surface area contributed by atoms with Gasteiger partial charge in [-0.05, 0) is 37.4 Å². The molecule has 3 aromatic rings. The van der Waals surface area contributed by atoms with E-state index < -0.39 is 0 Å². The number of carbonyl (C=O) groups is 1. The average Bonchev–Trinajstić information content (AvgIpc) is 3.35. The highest BCUT2D eigenvalue weighted by molar-refractivity contribution is 7.99. The number of hydrogen-bond donors (Lipinski definition) is 1. The summed E-state index contributed by atoms with van der Waals surface area (Å²) in [6.45, 7) is 4.73. The summed E-state index contributed by atoms with van der Waals surface area (Å²) in [5, 5.41) is 14.4. The van der Waals surface area contributed by atoms with Gasteiger partial charge in [-0.3, -0.25) is 4.79 Å². The Morgan fingerprint density at radius 1 is 1.30 bits per heavy atom. The number of aromatic nitrogens is 3. The van der Waals surface area contributed by atoms with Crippen molar-refractivity contribution in [3.63, 3.8) is 0 Å². The van der Waals surface area contributed by atoms with Crippen LogP contribution in [0.5, 0.6) is 5.75 Å². The standard InChI is InChI=1S/C19H22N4O2S2/c1-4-23-18(14-8-5-6-9-15(14)25-3)21-22-19(23)27-12-17(24)20-13(2)16-10-7-11-26-16/h5-11,13H,4,12H2,1-3H3,(H,20,24). The van der Waals surface area contributed by atoms with Crippen LogP contribution in [0.15, 0.2) is 46.9 Å². The second kappa shape index (κ2) is 9.05. The molecule has 0 fully saturated rings. The SMILES string of the molecule is CCn1c(SCC(=O)NC(C)c2cccs2)nnc1-c1ccccc1OC. The highest BCUT2D eigenvalue weighted by Gasteiger charge is 2.18. The van der Waals surface area contributed by atoms with E-state index in [1.807, 2.05) is 60.2 Å². The van der Waals surface area contributed by atoms with E-state index in [4.69, 9.17) is 4.74 Å². The Bertz CT molecular complexity index is 893. The number of methoxy groups -OCH3 is 1. The van der Waals surface area contributed by atoms with Crippen LogP contribution >= 0.6 is 23.1 Å². The molecule has 2 aromatic heterocycles. The zero-order valence-corrected chi connectivity index (χ0v) is 17.1. The van der Waals surface area contributed by atoms with Gasteiger partial charge in [0.05, 0.1) is 24.5 Å². The molecule has 0 aliphatic rings. The number of benzene rings is 1. The quantitative estimate of drug-likeness (QED) is 0.577. The molecule has 0 bridgehead atoms. The molecular weight excluding hydrogens is 380 g/mol. The Morgan fingerprint density at radius 3 is 2.81 bits per heavy atom. The van der Waals surface area contributed by atoms with Gasteiger partial charge >= 0.3 is 0 Å². The summed E-state index contributed by atoms with van der Waals surface area (Å²) >= 11 is 3.03. The molecule has 1 aromatic carbocycles. The Hall–Kier alpha value is -2.32. The summed E-state index contributed by atoms with van der Waals surface area (Å²) in [5.41, 5.74) is 0.886. The lowest BCUT2D eigenvalue weighted by molar-refractivity contribution is -0.119. The van der Waals surface area contributed by atoms with Crippen molar-refractivity contribution < 1.29 is 9.53 Å². The van der Waals surface area contributed by atoms with Gasteiger partial charge in [-0.1, -0.05) is 30.0 Å². The predicted molar refractivity (Wildman–Crippen MR) is 109 cm³/mol. The van der Waals surface area contributed by atoms with E-state index in [1.165, 1.54) is 11.8 Å². The molecule has 0 aliphatic heterocycles. The molecule has 1 amide bonds. The summed E-state index contributed by atoms with van der Waals surface area (Å²) in [6.07, 6.45) is 0. The van der Waals surface area contributed by atoms with Gasteiger partial charge in [-0.15, -0.1) is 21.5 Å². The van der Waals surface area contributed by atoms with Crippen molar-refractivity contribution in [1.29, 1.82) is 0 Å². The molecule has 1 atom stereocenters. The normalized spacial score (nSPS) is 12.0. The average molecular weight is 403 g/mol. The third-order valence-electron chi connectivity index (χ3n) is 4.06. The number of nitrogens with zero attached hydrogens (tertiary/aromatic N) is 3. The molecule has 2 heterocycles. The number of ether oxygens (including phenoxy) is 1. The van der Waals surface area contributed by atoms with Crippen molar-refractivity contribution in [2.75, 3.05) is 12.9 Å². The van der Waals surface area contributed by atoms with Crippen molar-refractivity contribution in [3.05, 3.63) is 46.7 Å². The monoisotopic (exact) mass is 402 g/mol. The molecule has 0 aliphatic carbocycles.